The highest BCUT2D eigenvalue weighted by molar-refractivity contribution is 5.80. The summed E-state index contributed by atoms with van der Waals surface area (Å²) in [5, 5.41) is 0. The first kappa shape index (κ1) is 16.3. The molecule has 120 valence electrons. The van der Waals surface area contributed by atoms with Crippen LogP contribution in [-0.2, 0) is 16.0 Å². The maximum Gasteiger partial charge on any atom is 0.227 e. The second-order valence-electron chi connectivity index (χ2n) is 5.73. The van der Waals surface area contributed by atoms with Crippen LogP contribution in [0.25, 0.3) is 0 Å². The van der Waals surface area contributed by atoms with E-state index in [9.17, 15) is 9.59 Å². The van der Waals surface area contributed by atoms with Gasteiger partial charge in [0.1, 0.15) is 5.75 Å². The summed E-state index contributed by atoms with van der Waals surface area (Å²) in [7, 11) is 1.62. The molecule has 0 spiro atoms. The van der Waals surface area contributed by atoms with Gasteiger partial charge in [-0.1, -0.05) is 17.7 Å². The van der Waals surface area contributed by atoms with Gasteiger partial charge < -0.3 is 14.5 Å². The van der Waals surface area contributed by atoms with Crippen LogP contribution >= 0.6 is 0 Å². The highest BCUT2D eigenvalue weighted by Crippen LogP contribution is 2.21. The Morgan fingerprint density at radius 3 is 2.50 bits per heavy atom. The number of carbonyl (C=O) groups excluding carboxylic acids is 2. The van der Waals surface area contributed by atoms with E-state index in [1.165, 1.54) is 0 Å². The summed E-state index contributed by atoms with van der Waals surface area (Å²) in [5.74, 6) is 0.920. The topological polar surface area (TPSA) is 49.9 Å². The van der Waals surface area contributed by atoms with Gasteiger partial charge in [0.15, 0.2) is 0 Å². The summed E-state index contributed by atoms with van der Waals surface area (Å²) < 4.78 is 5.34. The van der Waals surface area contributed by atoms with E-state index in [-0.39, 0.29) is 11.8 Å². The predicted molar refractivity (Wildman–Crippen MR) is 84.9 cm³/mol. The fourth-order valence-electron chi connectivity index (χ4n) is 2.80. The molecule has 0 aliphatic carbocycles. The first-order valence-corrected chi connectivity index (χ1v) is 7.68. The number of benzene rings is 1. The molecule has 1 aliphatic rings. The van der Waals surface area contributed by atoms with Gasteiger partial charge in [0.2, 0.25) is 11.8 Å². The lowest BCUT2D eigenvalue weighted by Gasteiger charge is -2.22. The van der Waals surface area contributed by atoms with E-state index in [1.54, 1.807) is 18.9 Å². The lowest BCUT2D eigenvalue weighted by molar-refractivity contribution is -0.132. The van der Waals surface area contributed by atoms with Crippen LogP contribution in [0.3, 0.4) is 0 Å². The van der Waals surface area contributed by atoms with Crippen molar-refractivity contribution in [1.29, 1.82) is 0 Å². The van der Waals surface area contributed by atoms with E-state index in [0.717, 1.165) is 29.8 Å². The summed E-state index contributed by atoms with van der Waals surface area (Å²) in [6.07, 6.45) is 1.17. The van der Waals surface area contributed by atoms with E-state index in [4.69, 9.17) is 4.74 Å². The minimum absolute atomic E-state index is 0.0784. The van der Waals surface area contributed by atoms with Crippen LogP contribution in [-0.4, -0.2) is 54.9 Å². The lowest BCUT2D eigenvalue weighted by atomic mass is 10.1. The molecule has 0 radical (unpaired) electrons. The molecule has 1 aromatic carbocycles. The van der Waals surface area contributed by atoms with Gasteiger partial charge in [-0.3, -0.25) is 9.59 Å². The molecule has 0 atom stereocenters. The molecule has 0 saturated carbocycles. The number of ether oxygens (including phenoxy) is 1. The SMILES string of the molecule is COc1ccc(C)cc1CC(=O)N1CCCN(C(C)=O)CC1. The van der Waals surface area contributed by atoms with Crippen molar-refractivity contribution in [2.45, 2.75) is 26.7 Å². The van der Waals surface area contributed by atoms with E-state index in [1.807, 2.05) is 30.0 Å². The minimum Gasteiger partial charge on any atom is -0.496 e. The van der Waals surface area contributed by atoms with E-state index < -0.39 is 0 Å². The molecular weight excluding hydrogens is 280 g/mol. The normalized spacial score (nSPS) is 15.4. The lowest BCUT2D eigenvalue weighted by Crippen LogP contribution is -2.37. The molecule has 5 nitrogen and oxygen atoms in total. The Labute approximate surface area is 131 Å². The Balaban J connectivity index is 2.03. The number of methoxy groups -OCH3 is 1. The standard InChI is InChI=1S/C17H24N2O3/c1-13-5-6-16(22-3)15(11-13)12-17(21)19-8-4-7-18(9-10-19)14(2)20/h5-6,11H,4,7-10,12H2,1-3H3. The molecule has 2 amide bonds. The minimum atomic E-state index is 0.0784. The Morgan fingerprint density at radius 1 is 1.14 bits per heavy atom. The molecule has 22 heavy (non-hydrogen) atoms. The first-order valence-electron chi connectivity index (χ1n) is 7.68. The summed E-state index contributed by atoms with van der Waals surface area (Å²) >= 11 is 0. The average Bonchev–Trinajstić information content (AvgIpc) is 2.73. The van der Waals surface area contributed by atoms with Gasteiger partial charge in [0.05, 0.1) is 13.5 Å². The molecular formula is C17H24N2O3. The van der Waals surface area contributed by atoms with Crippen molar-refractivity contribution in [2.24, 2.45) is 0 Å². The molecule has 1 aliphatic heterocycles. The molecule has 1 aromatic rings. The number of hydrogen-bond acceptors (Lipinski definition) is 3. The third-order valence-corrected chi connectivity index (χ3v) is 4.07. The second-order valence-corrected chi connectivity index (χ2v) is 5.73. The molecule has 0 aromatic heterocycles. The van der Waals surface area contributed by atoms with Crippen LogP contribution in [0.1, 0.15) is 24.5 Å². The van der Waals surface area contributed by atoms with E-state index in [2.05, 4.69) is 0 Å². The van der Waals surface area contributed by atoms with Gasteiger partial charge in [-0.15, -0.1) is 0 Å². The summed E-state index contributed by atoms with van der Waals surface area (Å²) in [6, 6.07) is 5.87. The predicted octanol–water partition coefficient (Wildman–Crippen LogP) is 1.63. The fourth-order valence-corrected chi connectivity index (χ4v) is 2.80. The Morgan fingerprint density at radius 2 is 1.82 bits per heavy atom. The van der Waals surface area contributed by atoms with Crippen LogP contribution in [0, 0.1) is 6.92 Å². The summed E-state index contributed by atoms with van der Waals surface area (Å²) in [5.41, 5.74) is 2.03. The molecule has 1 saturated heterocycles. The third kappa shape index (κ3) is 4.00. The molecule has 1 heterocycles. The number of nitrogens with zero attached hydrogens (tertiary/aromatic N) is 2. The number of aryl methyl sites for hydroxylation is 1. The third-order valence-electron chi connectivity index (χ3n) is 4.07. The first-order chi connectivity index (χ1) is 10.5. The quantitative estimate of drug-likeness (QED) is 0.853. The van der Waals surface area contributed by atoms with Gasteiger partial charge in [-0.25, -0.2) is 0 Å². The summed E-state index contributed by atoms with van der Waals surface area (Å²) in [6.45, 7) is 6.24. The van der Waals surface area contributed by atoms with Crippen LogP contribution in [0.15, 0.2) is 18.2 Å². The molecule has 2 rings (SSSR count). The summed E-state index contributed by atoms with van der Waals surface area (Å²) in [4.78, 5) is 27.6. The zero-order valence-electron chi connectivity index (χ0n) is 13.6. The highest BCUT2D eigenvalue weighted by Gasteiger charge is 2.21. The zero-order valence-corrected chi connectivity index (χ0v) is 13.6. The van der Waals surface area contributed by atoms with Gasteiger partial charge in [0, 0.05) is 38.7 Å². The van der Waals surface area contributed by atoms with Crippen LogP contribution in [0.4, 0.5) is 0 Å². The van der Waals surface area contributed by atoms with Gasteiger partial charge in [-0.05, 0) is 19.4 Å². The molecule has 5 heteroatoms. The van der Waals surface area contributed by atoms with Crippen LogP contribution < -0.4 is 4.74 Å². The number of carbonyl (C=O) groups is 2. The maximum atomic E-state index is 12.5. The van der Waals surface area contributed by atoms with Crippen LogP contribution in [0.2, 0.25) is 0 Å². The number of amides is 2. The van der Waals surface area contributed by atoms with Crippen molar-refractivity contribution in [3.8, 4) is 5.75 Å². The highest BCUT2D eigenvalue weighted by atomic mass is 16.5. The fraction of sp³-hybridized carbons (Fsp3) is 0.529. The number of hydrogen-bond donors (Lipinski definition) is 0. The second kappa shape index (κ2) is 7.29. The van der Waals surface area contributed by atoms with Crippen molar-refractivity contribution in [3.63, 3.8) is 0 Å². The molecule has 1 fully saturated rings. The van der Waals surface area contributed by atoms with Crippen molar-refractivity contribution in [2.75, 3.05) is 33.3 Å². The van der Waals surface area contributed by atoms with Gasteiger partial charge in [-0.2, -0.15) is 0 Å². The van der Waals surface area contributed by atoms with Crippen LogP contribution in [0.5, 0.6) is 5.75 Å². The molecule has 0 bridgehead atoms. The Bertz CT molecular complexity index is 557. The van der Waals surface area contributed by atoms with Gasteiger partial charge >= 0.3 is 0 Å². The van der Waals surface area contributed by atoms with E-state index >= 15 is 0 Å². The molecule has 0 unspecified atom stereocenters. The monoisotopic (exact) mass is 304 g/mol. The largest absolute Gasteiger partial charge is 0.496 e. The molecule has 0 N–H and O–H groups in total. The Hall–Kier alpha value is -2.04. The average molecular weight is 304 g/mol. The van der Waals surface area contributed by atoms with Crippen molar-refractivity contribution >= 4 is 11.8 Å². The zero-order chi connectivity index (χ0) is 16.1. The van der Waals surface area contributed by atoms with E-state index in [0.29, 0.717) is 26.1 Å². The van der Waals surface area contributed by atoms with Gasteiger partial charge in [0.25, 0.3) is 0 Å². The number of rotatable bonds is 3. The van der Waals surface area contributed by atoms with Crippen molar-refractivity contribution in [3.05, 3.63) is 29.3 Å². The van der Waals surface area contributed by atoms with Crippen molar-refractivity contribution in [1.82, 2.24) is 9.80 Å². The Kier molecular flexibility index (Phi) is 5.41. The smallest absolute Gasteiger partial charge is 0.227 e. The maximum absolute atomic E-state index is 12.5. The van der Waals surface area contributed by atoms with Crippen molar-refractivity contribution < 1.29 is 14.3 Å².